The molecule has 1 aliphatic rings. The summed E-state index contributed by atoms with van der Waals surface area (Å²) in [5.74, 6) is 0.762. The number of hydrogen-bond acceptors (Lipinski definition) is 3. The molecule has 3 rings (SSSR count). The number of para-hydroxylation sites is 1. The van der Waals surface area contributed by atoms with Crippen LogP contribution in [0.25, 0.3) is 0 Å². The van der Waals surface area contributed by atoms with Gasteiger partial charge in [0, 0.05) is 6.54 Å². The minimum atomic E-state index is -0.0565. The lowest BCUT2D eigenvalue weighted by Crippen LogP contribution is -2.32. The van der Waals surface area contributed by atoms with Crippen molar-refractivity contribution in [3.05, 3.63) is 65.7 Å². The third-order valence-corrected chi connectivity index (χ3v) is 3.92. The topological polar surface area (TPSA) is 47.6 Å². The van der Waals surface area contributed by atoms with Gasteiger partial charge in [-0.15, -0.1) is 0 Å². The van der Waals surface area contributed by atoms with Crippen molar-refractivity contribution in [1.82, 2.24) is 5.32 Å². The Morgan fingerprint density at radius 3 is 2.78 bits per heavy atom. The van der Waals surface area contributed by atoms with Gasteiger partial charge in [-0.25, -0.2) is 0 Å². The van der Waals surface area contributed by atoms with Gasteiger partial charge in [-0.1, -0.05) is 42.5 Å². The van der Waals surface area contributed by atoms with Gasteiger partial charge >= 0.3 is 0 Å². The molecule has 1 heterocycles. The van der Waals surface area contributed by atoms with E-state index in [1.807, 2.05) is 42.5 Å². The Kier molecular flexibility index (Phi) is 5.27. The second-order valence-electron chi connectivity index (χ2n) is 5.52. The number of rotatable bonds is 6. The normalized spacial score (nSPS) is 16.4. The Hall–Kier alpha value is -2.33. The van der Waals surface area contributed by atoms with E-state index >= 15 is 0 Å². The van der Waals surface area contributed by atoms with Crippen LogP contribution in [0.1, 0.15) is 23.7 Å². The SMILES string of the molecule is O=C(CCOc1ccccc1)NCC1OCCc2ccccc21. The molecule has 0 aromatic heterocycles. The molecule has 23 heavy (non-hydrogen) atoms. The number of hydrogen-bond donors (Lipinski definition) is 1. The van der Waals surface area contributed by atoms with E-state index in [0.717, 1.165) is 12.2 Å². The molecule has 2 aromatic rings. The zero-order valence-electron chi connectivity index (χ0n) is 13.0. The van der Waals surface area contributed by atoms with Crippen LogP contribution in [0.15, 0.2) is 54.6 Å². The second-order valence-corrected chi connectivity index (χ2v) is 5.52. The first kappa shape index (κ1) is 15.6. The molecular weight excluding hydrogens is 290 g/mol. The van der Waals surface area contributed by atoms with Crippen LogP contribution in [0.2, 0.25) is 0 Å². The highest BCUT2D eigenvalue weighted by Gasteiger charge is 2.20. The zero-order valence-corrected chi connectivity index (χ0v) is 13.0. The maximum Gasteiger partial charge on any atom is 0.223 e. The number of benzene rings is 2. The molecule has 0 fully saturated rings. The summed E-state index contributed by atoms with van der Waals surface area (Å²) < 4.78 is 11.3. The molecule has 2 aromatic carbocycles. The molecule has 4 nitrogen and oxygen atoms in total. The number of fused-ring (bicyclic) bond motifs is 1. The van der Waals surface area contributed by atoms with Crippen molar-refractivity contribution in [2.45, 2.75) is 18.9 Å². The average molecular weight is 311 g/mol. The predicted molar refractivity (Wildman–Crippen MR) is 88.4 cm³/mol. The van der Waals surface area contributed by atoms with Gasteiger partial charge in [0.05, 0.1) is 19.6 Å². The van der Waals surface area contributed by atoms with Crippen molar-refractivity contribution in [2.75, 3.05) is 19.8 Å². The van der Waals surface area contributed by atoms with Crippen LogP contribution in [0.4, 0.5) is 0 Å². The lowest BCUT2D eigenvalue weighted by atomic mass is 9.97. The van der Waals surface area contributed by atoms with Crippen molar-refractivity contribution < 1.29 is 14.3 Å². The largest absolute Gasteiger partial charge is 0.493 e. The third-order valence-electron chi connectivity index (χ3n) is 3.92. The highest BCUT2D eigenvalue weighted by Crippen LogP contribution is 2.26. The van der Waals surface area contributed by atoms with E-state index in [1.165, 1.54) is 11.1 Å². The van der Waals surface area contributed by atoms with Gasteiger partial charge in [0.1, 0.15) is 11.9 Å². The number of amides is 1. The van der Waals surface area contributed by atoms with Gasteiger partial charge < -0.3 is 14.8 Å². The summed E-state index contributed by atoms with van der Waals surface area (Å²) in [4.78, 5) is 11.9. The molecule has 4 heteroatoms. The summed E-state index contributed by atoms with van der Waals surface area (Å²) in [5, 5.41) is 2.94. The minimum Gasteiger partial charge on any atom is -0.493 e. The van der Waals surface area contributed by atoms with Crippen molar-refractivity contribution in [3.8, 4) is 5.75 Å². The fourth-order valence-corrected chi connectivity index (χ4v) is 2.72. The Bertz CT molecular complexity index is 642. The van der Waals surface area contributed by atoms with E-state index < -0.39 is 0 Å². The zero-order chi connectivity index (χ0) is 15.9. The average Bonchev–Trinajstić information content (AvgIpc) is 2.61. The first-order chi connectivity index (χ1) is 11.3. The van der Waals surface area contributed by atoms with Gasteiger partial charge in [0.2, 0.25) is 5.91 Å². The van der Waals surface area contributed by atoms with Crippen molar-refractivity contribution >= 4 is 5.91 Å². The second kappa shape index (κ2) is 7.79. The molecule has 1 aliphatic heterocycles. The molecule has 0 spiro atoms. The van der Waals surface area contributed by atoms with E-state index in [0.29, 0.717) is 26.2 Å². The molecular formula is C19H21NO3. The summed E-state index contributed by atoms with van der Waals surface area (Å²) in [5.41, 5.74) is 2.49. The van der Waals surface area contributed by atoms with Gasteiger partial charge in [0.15, 0.2) is 0 Å². The molecule has 120 valence electrons. The molecule has 1 N–H and O–H groups in total. The van der Waals surface area contributed by atoms with Gasteiger partial charge in [-0.05, 0) is 29.7 Å². The lowest BCUT2D eigenvalue weighted by molar-refractivity contribution is -0.122. The quantitative estimate of drug-likeness (QED) is 0.892. The highest BCUT2D eigenvalue weighted by molar-refractivity contribution is 5.76. The van der Waals surface area contributed by atoms with Crippen molar-refractivity contribution in [1.29, 1.82) is 0 Å². The number of carbonyl (C=O) groups excluding carboxylic acids is 1. The first-order valence-electron chi connectivity index (χ1n) is 7.97. The number of nitrogens with one attached hydrogen (secondary N) is 1. The van der Waals surface area contributed by atoms with Crippen LogP contribution in [0, 0.1) is 0 Å². The van der Waals surface area contributed by atoms with Crippen molar-refractivity contribution in [2.24, 2.45) is 0 Å². The first-order valence-corrected chi connectivity index (χ1v) is 7.97. The molecule has 1 amide bonds. The van der Waals surface area contributed by atoms with Crippen molar-refractivity contribution in [3.63, 3.8) is 0 Å². The highest BCUT2D eigenvalue weighted by atomic mass is 16.5. The van der Waals surface area contributed by atoms with E-state index in [9.17, 15) is 4.79 Å². The summed E-state index contributed by atoms with van der Waals surface area (Å²) in [6.07, 6.45) is 1.22. The van der Waals surface area contributed by atoms with Crippen LogP contribution in [-0.4, -0.2) is 25.7 Å². The Morgan fingerprint density at radius 1 is 1.13 bits per heavy atom. The molecule has 0 saturated heterocycles. The maximum absolute atomic E-state index is 11.9. The molecule has 0 aliphatic carbocycles. The van der Waals surface area contributed by atoms with Crippen LogP contribution in [0.3, 0.4) is 0 Å². The maximum atomic E-state index is 11.9. The minimum absolute atomic E-state index is 0.0208. The molecule has 1 atom stereocenters. The fourth-order valence-electron chi connectivity index (χ4n) is 2.72. The van der Waals surface area contributed by atoms with Gasteiger partial charge in [-0.2, -0.15) is 0 Å². The van der Waals surface area contributed by atoms with Crippen LogP contribution in [-0.2, 0) is 16.0 Å². The molecule has 0 saturated carbocycles. The lowest BCUT2D eigenvalue weighted by Gasteiger charge is -2.26. The van der Waals surface area contributed by atoms with E-state index in [-0.39, 0.29) is 12.0 Å². The Labute approximate surface area is 136 Å². The van der Waals surface area contributed by atoms with Gasteiger partial charge in [-0.3, -0.25) is 4.79 Å². The Morgan fingerprint density at radius 2 is 1.91 bits per heavy atom. The van der Waals surface area contributed by atoms with Crippen LogP contribution in [0.5, 0.6) is 5.75 Å². The monoisotopic (exact) mass is 311 g/mol. The summed E-state index contributed by atoms with van der Waals surface area (Å²) in [6, 6.07) is 17.8. The molecule has 1 unspecified atom stereocenters. The van der Waals surface area contributed by atoms with E-state index in [2.05, 4.69) is 17.4 Å². The standard InChI is InChI=1S/C19H21NO3/c21-19(11-13-22-16-7-2-1-3-8-16)20-14-18-17-9-5-4-6-15(17)10-12-23-18/h1-9,18H,10-14H2,(H,20,21). The van der Waals surface area contributed by atoms with E-state index in [4.69, 9.17) is 9.47 Å². The smallest absolute Gasteiger partial charge is 0.223 e. The predicted octanol–water partition coefficient (Wildman–Crippen LogP) is 2.89. The summed E-state index contributed by atoms with van der Waals surface area (Å²) >= 11 is 0. The number of carbonyl (C=O) groups is 1. The Balaban J connectivity index is 1.43. The van der Waals surface area contributed by atoms with Crippen LogP contribution >= 0.6 is 0 Å². The number of ether oxygens (including phenoxy) is 2. The molecule has 0 bridgehead atoms. The van der Waals surface area contributed by atoms with Crippen LogP contribution < -0.4 is 10.1 Å². The molecule has 0 radical (unpaired) electrons. The van der Waals surface area contributed by atoms with Gasteiger partial charge in [0.25, 0.3) is 0 Å². The summed E-state index contributed by atoms with van der Waals surface area (Å²) in [7, 11) is 0. The van der Waals surface area contributed by atoms with E-state index in [1.54, 1.807) is 0 Å². The fraction of sp³-hybridized carbons (Fsp3) is 0.316. The third kappa shape index (κ3) is 4.33. The summed E-state index contributed by atoms with van der Waals surface area (Å²) in [6.45, 7) is 1.58.